The van der Waals surface area contributed by atoms with Gasteiger partial charge in [-0.15, -0.1) is 23.1 Å². The molecule has 1 aromatic carbocycles. The molecule has 32 heavy (non-hydrogen) atoms. The number of amides is 1. The van der Waals surface area contributed by atoms with Gasteiger partial charge in [0, 0.05) is 36.1 Å². The van der Waals surface area contributed by atoms with Crippen molar-refractivity contribution in [1.29, 1.82) is 0 Å². The Morgan fingerprint density at radius 3 is 2.50 bits per heavy atom. The highest BCUT2D eigenvalue weighted by Crippen LogP contribution is 2.30. The highest BCUT2D eigenvalue weighted by atomic mass is 32.2. The Balaban J connectivity index is 1.59. The van der Waals surface area contributed by atoms with E-state index in [4.69, 9.17) is 0 Å². The van der Waals surface area contributed by atoms with Gasteiger partial charge in [-0.3, -0.25) is 14.5 Å². The third-order valence-corrected chi connectivity index (χ3v) is 7.44. The summed E-state index contributed by atoms with van der Waals surface area (Å²) in [5.41, 5.74) is 1.78. The summed E-state index contributed by atoms with van der Waals surface area (Å²) >= 11 is 2.95. The number of fused-ring (bicyclic) bond motifs is 1. The predicted molar refractivity (Wildman–Crippen MR) is 136 cm³/mol. The second-order valence-electron chi connectivity index (χ2n) is 8.38. The van der Waals surface area contributed by atoms with Crippen molar-refractivity contribution in [2.75, 3.05) is 13.1 Å². The van der Waals surface area contributed by atoms with Gasteiger partial charge >= 0.3 is 0 Å². The highest BCUT2D eigenvalue weighted by molar-refractivity contribution is 7.99. The summed E-state index contributed by atoms with van der Waals surface area (Å²) in [6.07, 6.45) is 0. The number of H-pyrrole nitrogens is 1. The lowest BCUT2D eigenvalue weighted by Gasteiger charge is -2.30. The predicted octanol–water partition coefficient (Wildman–Crippen LogP) is 4.51. The molecule has 2 aromatic heterocycles. The van der Waals surface area contributed by atoms with Gasteiger partial charge in [0.2, 0.25) is 5.91 Å². The van der Waals surface area contributed by atoms with Gasteiger partial charge in [-0.25, -0.2) is 4.98 Å². The van der Waals surface area contributed by atoms with E-state index < -0.39 is 0 Å². The molecule has 3 rings (SSSR count). The fourth-order valence-corrected chi connectivity index (χ4v) is 5.48. The molecule has 1 unspecified atom stereocenters. The van der Waals surface area contributed by atoms with Crippen molar-refractivity contribution in [2.45, 2.75) is 57.7 Å². The number of aromatic nitrogens is 2. The van der Waals surface area contributed by atoms with Crippen LogP contribution < -0.4 is 10.9 Å². The lowest BCUT2D eigenvalue weighted by atomic mass is 10.1. The first-order valence-corrected chi connectivity index (χ1v) is 12.9. The highest BCUT2D eigenvalue weighted by Gasteiger charge is 2.18. The molecule has 0 saturated carbocycles. The summed E-state index contributed by atoms with van der Waals surface area (Å²) in [6, 6.07) is 10.7. The van der Waals surface area contributed by atoms with Crippen LogP contribution in [0.25, 0.3) is 21.3 Å². The summed E-state index contributed by atoms with van der Waals surface area (Å²) in [6.45, 7) is 12.0. The SMILES string of the molecule is CC(SCc1nc2scc(-c3ccccc3)c2c(=O)[nH]1)C(=O)NCCN(C(C)C)C(C)C. The number of thioether (sulfide) groups is 1. The molecule has 0 bridgehead atoms. The zero-order chi connectivity index (χ0) is 23.3. The molecule has 0 saturated heterocycles. The molecule has 2 N–H and O–H groups in total. The molecule has 0 fully saturated rings. The van der Waals surface area contributed by atoms with Crippen LogP contribution in [0, 0.1) is 0 Å². The number of carbonyl (C=O) groups excluding carboxylic acids is 1. The summed E-state index contributed by atoms with van der Waals surface area (Å²) in [5.74, 6) is 1.08. The summed E-state index contributed by atoms with van der Waals surface area (Å²) in [5, 5.41) is 5.40. The van der Waals surface area contributed by atoms with E-state index in [0.29, 0.717) is 35.6 Å². The molecule has 0 spiro atoms. The van der Waals surface area contributed by atoms with Crippen molar-refractivity contribution in [3.05, 3.63) is 51.9 Å². The molecule has 1 atom stereocenters. The van der Waals surface area contributed by atoms with Crippen LogP contribution in [0.5, 0.6) is 0 Å². The van der Waals surface area contributed by atoms with E-state index >= 15 is 0 Å². The molecular weight excluding hydrogens is 440 g/mol. The molecule has 3 aromatic rings. The Bertz CT molecular complexity index is 1080. The van der Waals surface area contributed by atoms with Crippen molar-refractivity contribution >= 4 is 39.2 Å². The fraction of sp³-hybridized carbons (Fsp3) is 0.458. The van der Waals surface area contributed by atoms with E-state index in [0.717, 1.165) is 22.5 Å². The largest absolute Gasteiger partial charge is 0.354 e. The monoisotopic (exact) mass is 472 g/mol. The Morgan fingerprint density at radius 2 is 1.84 bits per heavy atom. The van der Waals surface area contributed by atoms with Gasteiger partial charge in [-0.05, 0) is 40.2 Å². The first-order chi connectivity index (χ1) is 15.3. The molecule has 0 aliphatic carbocycles. The van der Waals surface area contributed by atoms with Gasteiger partial charge < -0.3 is 10.3 Å². The van der Waals surface area contributed by atoms with Crippen LogP contribution in [0.1, 0.15) is 40.4 Å². The zero-order valence-electron chi connectivity index (χ0n) is 19.3. The van der Waals surface area contributed by atoms with Crippen LogP contribution in [-0.4, -0.2) is 51.2 Å². The van der Waals surface area contributed by atoms with Gasteiger partial charge in [-0.2, -0.15) is 0 Å². The maximum Gasteiger partial charge on any atom is 0.260 e. The molecule has 172 valence electrons. The average Bonchev–Trinajstić information content (AvgIpc) is 3.19. The van der Waals surface area contributed by atoms with E-state index in [-0.39, 0.29) is 16.7 Å². The van der Waals surface area contributed by atoms with E-state index in [1.54, 1.807) is 0 Å². The van der Waals surface area contributed by atoms with Crippen LogP contribution >= 0.6 is 23.1 Å². The number of aromatic amines is 1. The topological polar surface area (TPSA) is 78.1 Å². The molecule has 0 aliphatic heterocycles. The Hall–Kier alpha value is -2.16. The quantitative estimate of drug-likeness (QED) is 0.454. The normalized spacial score (nSPS) is 12.8. The number of rotatable bonds is 10. The molecule has 0 radical (unpaired) electrons. The minimum absolute atomic E-state index is 0.00775. The maximum atomic E-state index is 12.8. The van der Waals surface area contributed by atoms with Gasteiger partial charge in [0.05, 0.1) is 16.4 Å². The summed E-state index contributed by atoms with van der Waals surface area (Å²) in [7, 11) is 0. The van der Waals surface area contributed by atoms with Crippen LogP contribution in [-0.2, 0) is 10.5 Å². The van der Waals surface area contributed by atoms with Gasteiger partial charge in [0.1, 0.15) is 10.7 Å². The van der Waals surface area contributed by atoms with Crippen LogP contribution in [0.4, 0.5) is 0 Å². The number of hydrogen-bond acceptors (Lipinski definition) is 6. The molecule has 0 aliphatic rings. The summed E-state index contributed by atoms with van der Waals surface area (Å²) < 4.78 is 0. The minimum atomic E-state index is -0.231. The standard InChI is InChI=1S/C24H32N4O2S2/c1-15(2)28(16(3)4)12-11-25-22(29)17(5)31-14-20-26-23(30)21-19(13-32-24(21)27-20)18-9-7-6-8-10-18/h6-10,13,15-17H,11-12,14H2,1-5H3,(H,25,29)(H,26,27,30). The van der Waals surface area contributed by atoms with E-state index in [9.17, 15) is 9.59 Å². The Morgan fingerprint density at radius 1 is 1.16 bits per heavy atom. The van der Waals surface area contributed by atoms with Crippen molar-refractivity contribution in [3.63, 3.8) is 0 Å². The molecule has 2 heterocycles. The van der Waals surface area contributed by atoms with Crippen molar-refractivity contribution < 1.29 is 4.79 Å². The van der Waals surface area contributed by atoms with E-state index in [1.807, 2.05) is 42.6 Å². The van der Waals surface area contributed by atoms with Gasteiger partial charge in [0.25, 0.3) is 5.56 Å². The third kappa shape index (κ3) is 5.99. The minimum Gasteiger partial charge on any atom is -0.354 e. The number of nitrogens with zero attached hydrogens (tertiary/aromatic N) is 2. The average molecular weight is 473 g/mol. The van der Waals surface area contributed by atoms with Gasteiger partial charge in [0.15, 0.2) is 0 Å². The van der Waals surface area contributed by atoms with Crippen molar-refractivity contribution in [3.8, 4) is 11.1 Å². The Kier molecular flexibility index (Phi) is 8.51. The smallest absolute Gasteiger partial charge is 0.260 e. The number of nitrogens with one attached hydrogen (secondary N) is 2. The fourth-order valence-electron chi connectivity index (χ4n) is 3.74. The van der Waals surface area contributed by atoms with E-state index in [2.05, 4.69) is 47.9 Å². The van der Waals surface area contributed by atoms with Crippen LogP contribution in [0.3, 0.4) is 0 Å². The lowest BCUT2D eigenvalue weighted by molar-refractivity contribution is -0.120. The Labute approximate surface area is 197 Å². The first-order valence-electron chi connectivity index (χ1n) is 11.0. The zero-order valence-corrected chi connectivity index (χ0v) is 21.0. The first kappa shape index (κ1) is 24.5. The van der Waals surface area contributed by atoms with E-state index in [1.165, 1.54) is 23.1 Å². The van der Waals surface area contributed by atoms with Gasteiger partial charge in [-0.1, -0.05) is 30.3 Å². The second kappa shape index (κ2) is 11.1. The van der Waals surface area contributed by atoms with Crippen LogP contribution in [0.2, 0.25) is 0 Å². The van der Waals surface area contributed by atoms with Crippen molar-refractivity contribution in [2.24, 2.45) is 0 Å². The molecular formula is C24H32N4O2S2. The maximum absolute atomic E-state index is 12.8. The number of hydrogen-bond donors (Lipinski definition) is 2. The number of carbonyl (C=O) groups is 1. The molecule has 8 heteroatoms. The second-order valence-corrected chi connectivity index (χ2v) is 10.6. The molecule has 6 nitrogen and oxygen atoms in total. The summed E-state index contributed by atoms with van der Waals surface area (Å²) in [4.78, 5) is 35.9. The third-order valence-electron chi connectivity index (χ3n) is 5.41. The molecule has 1 amide bonds. The lowest BCUT2D eigenvalue weighted by Crippen LogP contribution is -2.43. The van der Waals surface area contributed by atoms with Crippen LogP contribution in [0.15, 0.2) is 40.5 Å². The van der Waals surface area contributed by atoms with Crippen molar-refractivity contribution in [1.82, 2.24) is 20.2 Å². The number of benzene rings is 1. The number of thiophene rings is 1.